The number of hydrogen-bond donors (Lipinski definition) is 3. The fourth-order valence-corrected chi connectivity index (χ4v) is 11.5. The molecule has 3 N–H and O–H groups in total. The normalized spacial score (nSPS) is 23.7. The predicted octanol–water partition coefficient (Wildman–Crippen LogP) is 8.91. The summed E-state index contributed by atoms with van der Waals surface area (Å²) in [4.78, 5) is 18.8. The first kappa shape index (κ1) is 46.3. The van der Waals surface area contributed by atoms with E-state index in [1.807, 2.05) is 62.6 Å². The minimum absolute atomic E-state index is 0.00843. The monoisotopic (exact) mass is 875 g/mol. The van der Waals surface area contributed by atoms with Crippen LogP contribution >= 0.6 is 11.8 Å². The third kappa shape index (κ3) is 10.2. The summed E-state index contributed by atoms with van der Waals surface area (Å²) in [7, 11) is -4.22. The lowest BCUT2D eigenvalue weighted by molar-refractivity contribution is -0.251. The molecule has 6 unspecified atom stereocenters. The molecule has 3 aromatic rings. The summed E-state index contributed by atoms with van der Waals surface area (Å²) < 4.78 is 52.6. The molecule has 1 amide bonds. The van der Waals surface area contributed by atoms with Crippen LogP contribution in [0.5, 0.6) is 17.2 Å². The van der Waals surface area contributed by atoms with E-state index < -0.39 is 27.8 Å². The van der Waals surface area contributed by atoms with Gasteiger partial charge in [-0.1, -0.05) is 37.1 Å². The van der Waals surface area contributed by atoms with Crippen LogP contribution in [0.3, 0.4) is 0 Å². The first-order valence-corrected chi connectivity index (χ1v) is 24.1. The number of carbonyl (C=O) groups excluding carboxylic acids is 1. The summed E-state index contributed by atoms with van der Waals surface area (Å²) in [6, 6.07) is 19.0. The Labute approximate surface area is 365 Å². The Morgan fingerprint density at radius 2 is 1.72 bits per heavy atom. The quantitative estimate of drug-likeness (QED) is 0.0386. The maximum absolute atomic E-state index is 15.1. The number of thioether (sulfide) groups is 1. The van der Waals surface area contributed by atoms with Crippen molar-refractivity contribution in [1.82, 2.24) is 4.31 Å². The van der Waals surface area contributed by atoms with Gasteiger partial charge in [-0.3, -0.25) is 4.79 Å². The topological polar surface area (TPSA) is 156 Å². The second-order valence-corrected chi connectivity index (χ2v) is 18.6. The Kier molecular flexibility index (Phi) is 16.1. The Hall–Kier alpha value is -4.18. The van der Waals surface area contributed by atoms with E-state index in [1.54, 1.807) is 30.0 Å². The van der Waals surface area contributed by atoms with Crippen molar-refractivity contribution in [2.45, 2.75) is 99.7 Å². The van der Waals surface area contributed by atoms with Crippen LogP contribution in [0.4, 0.5) is 5.69 Å². The lowest BCUT2D eigenvalue weighted by Crippen LogP contribution is -2.70. The maximum atomic E-state index is 15.1. The highest BCUT2D eigenvalue weighted by Gasteiger charge is 2.66. The van der Waals surface area contributed by atoms with Crippen molar-refractivity contribution in [2.24, 2.45) is 22.9 Å². The molecule has 0 radical (unpaired) electrons. The van der Waals surface area contributed by atoms with Gasteiger partial charge in [0.1, 0.15) is 23.9 Å². The van der Waals surface area contributed by atoms with Crippen LogP contribution < -0.4 is 14.8 Å². The lowest BCUT2D eigenvalue weighted by Gasteiger charge is -2.59. The molecule has 330 valence electrons. The maximum Gasteiger partial charge on any atom is 0.243 e. The number of aliphatic hydroxyl groups excluding tert-OH is 2. The van der Waals surface area contributed by atoms with Crippen molar-refractivity contribution in [3.05, 3.63) is 96.6 Å². The molecule has 3 aliphatic rings. The standard InChI is InChI=1S/C47H61N3O9S2/c1-6-25-50(61(54,55)38-22-15-34(16-23-38)48-32(4)53)44-31-42(49-57-8-3)40-29-33(13-9-11-26-51)39(14-10-12-27-52)45-41-30-36(58-35-17-20-37(60-5)21-18-35)19-24-43(41)59-47(44,46(40)45)56-28-7-2/h7,15-24,29-30,33,39,44-46,51-52H,2,6,8-14,25-28,31H2,1,3-5H3,(H,48,53). The first-order valence-electron chi connectivity index (χ1n) is 21.5. The molecule has 6 atom stereocenters. The van der Waals surface area contributed by atoms with Crippen LogP contribution in [0.25, 0.3) is 0 Å². The van der Waals surface area contributed by atoms with Gasteiger partial charge in [0, 0.05) is 55.2 Å². The fourth-order valence-electron chi connectivity index (χ4n) is 9.32. The highest BCUT2D eigenvalue weighted by Crippen LogP contribution is 2.62. The van der Waals surface area contributed by atoms with E-state index in [2.05, 4.69) is 18.0 Å². The summed E-state index contributed by atoms with van der Waals surface area (Å²) in [5, 5.41) is 27.3. The number of sulfonamides is 1. The molecule has 3 aromatic carbocycles. The molecule has 1 heterocycles. The smallest absolute Gasteiger partial charge is 0.243 e. The third-order valence-electron chi connectivity index (χ3n) is 11.8. The first-order chi connectivity index (χ1) is 29.5. The summed E-state index contributed by atoms with van der Waals surface area (Å²) in [6.45, 7) is 9.91. The van der Waals surface area contributed by atoms with Crippen molar-refractivity contribution in [1.29, 1.82) is 0 Å². The number of benzene rings is 3. The number of nitrogens with zero attached hydrogens (tertiary/aromatic N) is 2. The highest BCUT2D eigenvalue weighted by atomic mass is 32.2. The largest absolute Gasteiger partial charge is 0.460 e. The van der Waals surface area contributed by atoms with Crippen LogP contribution in [0.1, 0.15) is 83.6 Å². The van der Waals surface area contributed by atoms with Crippen molar-refractivity contribution in [2.75, 3.05) is 44.5 Å². The number of unbranched alkanes of at least 4 members (excludes halogenated alkanes) is 2. The van der Waals surface area contributed by atoms with E-state index in [4.69, 9.17) is 24.2 Å². The minimum atomic E-state index is -4.22. The lowest BCUT2D eigenvalue weighted by atomic mass is 9.55. The highest BCUT2D eigenvalue weighted by molar-refractivity contribution is 7.98. The molecule has 12 nitrogen and oxygen atoms in total. The summed E-state index contributed by atoms with van der Waals surface area (Å²) in [5.74, 6) is -0.687. The van der Waals surface area contributed by atoms with Crippen LogP contribution in [-0.4, -0.2) is 85.6 Å². The molecule has 1 saturated carbocycles. The summed E-state index contributed by atoms with van der Waals surface area (Å²) in [5.41, 5.74) is 2.93. The second kappa shape index (κ2) is 21.3. The van der Waals surface area contributed by atoms with Crippen molar-refractivity contribution in [3.63, 3.8) is 0 Å². The molecule has 0 spiro atoms. The number of oxime groups is 1. The number of allylic oxidation sites excluding steroid dienone is 1. The third-order valence-corrected chi connectivity index (χ3v) is 14.5. The van der Waals surface area contributed by atoms with Crippen LogP contribution in [-0.2, 0) is 24.4 Å². The Bertz CT molecular complexity index is 2130. The van der Waals surface area contributed by atoms with Gasteiger partial charge in [0.15, 0.2) is 0 Å². The predicted molar refractivity (Wildman–Crippen MR) is 240 cm³/mol. The molecule has 14 heteroatoms. The van der Waals surface area contributed by atoms with Crippen LogP contribution in [0.2, 0.25) is 0 Å². The van der Waals surface area contributed by atoms with Crippen molar-refractivity contribution >= 4 is 39.1 Å². The number of carbonyl (C=O) groups is 1. The van der Waals surface area contributed by atoms with Gasteiger partial charge in [-0.2, -0.15) is 4.31 Å². The zero-order chi connectivity index (χ0) is 43.6. The molecule has 2 aliphatic carbocycles. The van der Waals surface area contributed by atoms with Crippen molar-refractivity contribution < 1.29 is 42.5 Å². The van der Waals surface area contributed by atoms with E-state index in [1.165, 1.54) is 23.4 Å². The van der Waals surface area contributed by atoms with E-state index in [9.17, 15) is 15.0 Å². The average molecular weight is 876 g/mol. The van der Waals surface area contributed by atoms with E-state index in [0.717, 1.165) is 41.7 Å². The molecular formula is C47H61N3O9S2. The van der Waals surface area contributed by atoms with Gasteiger partial charge in [-0.25, -0.2) is 8.42 Å². The summed E-state index contributed by atoms with van der Waals surface area (Å²) in [6.07, 6.45) is 11.1. The number of ether oxygens (including phenoxy) is 3. The number of nitrogens with one attached hydrogen (secondary N) is 1. The van der Waals surface area contributed by atoms with Gasteiger partial charge in [0.05, 0.1) is 29.2 Å². The minimum Gasteiger partial charge on any atom is -0.460 e. The summed E-state index contributed by atoms with van der Waals surface area (Å²) >= 11 is 1.66. The Morgan fingerprint density at radius 1 is 1.02 bits per heavy atom. The van der Waals surface area contributed by atoms with Gasteiger partial charge in [0.2, 0.25) is 21.7 Å². The molecular weight excluding hydrogens is 815 g/mol. The molecule has 1 fully saturated rings. The molecule has 0 bridgehead atoms. The molecule has 6 rings (SSSR count). The van der Waals surface area contributed by atoms with Gasteiger partial charge in [0.25, 0.3) is 0 Å². The molecule has 0 aromatic heterocycles. The molecule has 1 aliphatic heterocycles. The second-order valence-electron chi connectivity index (χ2n) is 15.8. The van der Waals surface area contributed by atoms with Gasteiger partial charge in [-0.05, 0) is 129 Å². The van der Waals surface area contributed by atoms with E-state index in [0.29, 0.717) is 54.5 Å². The zero-order valence-corrected chi connectivity index (χ0v) is 37.4. The Morgan fingerprint density at radius 3 is 2.36 bits per heavy atom. The van der Waals surface area contributed by atoms with Crippen LogP contribution in [0.15, 0.2) is 106 Å². The molecule has 61 heavy (non-hydrogen) atoms. The number of anilines is 1. The van der Waals surface area contributed by atoms with E-state index in [-0.39, 0.29) is 61.3 Å². The number of rotatable bonds is 22. The van der Waals surface area contributed by atoms with Gasteiger partial charge < -0.3 is 34.6 Å². The average Bonchev–Trinajstić information content (AvgIpc) is 3.25. The number of hydrogen-bond acceptors (Lipinski definition) is 11. The number of aliphatic hydroxyl groups is 2. The van der Waals surface area contributed by atoms with Gasteiger partial charge in [-0.15, -0.1) is 18.3 Å². The molecule has 0 saturated heterocycles. The SMILES string of the molecule is C=CCOC12Oc3ccc(Oc4ccc(SC)cc4)cc3C3C(CCCCO)C(CCCCO)C=C(C(=NOCC)CC1N(CCC)S(=O)(=O)c1ccc(NC(C)=O)cc1)C32. The van der Waals surface area contributed by atoms with Crippen LogP contribution in [0, 0.1) is 17.8 Å². The van der Waals surface area contributed by atoms with Crippen molar-refractivity contribution in [3.8, 4) is 17.2 Å². The number of amides is 1. The zero-order valence-electron chi connectivity index (χ0n) is 35.8. The fraction of sp³-hybridized carbons (Fsp3) is 0.489. The van der Waals surface area contributed by atoms with Gasteiger partial charge >= 0.3 is 0 Å². The number of fused-ring (bicyclic) bond motifs is 2. The van der Waals surface area contributed by atoms with E-state index >= 15 is 8.42 Å². The Balaban J connectivity index is 1.59.